The minimum absolute atomic E-state index is 0.203. The van der Waals surface area contributed by atoms with E-state index in [9.17, 15) is 0 Å². The van der Waals surface area contributed by atoms with Crippen LogP contribution < -0.4 is 0 Å². The number of hydrogen-bond donors (Lipinski definition) is 0. The van der Waals surface area contributed by atoms with Crippen LogP contribution in [0.4, 0.5) is 0 Å². The van der Waals surface area contributed by atoms with Gasteiger partial charge in [-0.15, -0.1) is 46.2 Å². The summed E-state index contributed by atoms with van der Waals surface area (Å²) >= 11 is 1.46. The molecule has 0 saturated heterocycles. The second-order valence-corrected chi connectivity index (χ2v) is 15.0. The first-order chi connectivity index (χ1) is 20.9. The Morgan fingerprint density at radius 2 is 1.11 bits per heavy atom. The van der Waals surface area contributed by atoms with Crippen molar-refractivity contribution in [1.29, 1.82) is 0 Å². The Morgan fingerprint density at radius 1 is 0.659 bits per heavy atom. The standard InChI is InChI=1S/C21H25.C13H10.C9H13.Zr/c1-20(2,3)16-7-9-18-14(12-16)11-15-13-17(21(4,5)6)8-10-19(15)18;1-3-7-12(8-4-1)11-13-9-5-2-6-10-13;1-3-8-5-6-9(4-2)7-8;/h7-13H,1-6H3;1-10H;7H,3-5H2,1-2H3;/q-1;;-1;+2. The van der Waals surface area contributed by atoms with Gasteiger partial charge in [0.05, 0.1) is 0 Å². The zero-order valence-corrected chi connectivity index (χ0v) is 30.5. The Balaban J connectivity index is 0.000000165. The molecule has 0 amide bonds. The van der Waals surface area contributed by atoms with Gasteiger partial charge in [0.1, 0.15) is 0 Å². The number of allylic oxidation sites excluding steroid dienone is 4. The van der Waals surface area contributed by atoms with E-state index in [0.29, 0.717) is 0 Å². The normalized spacial score (nSPS) is 13.0. The summed E-state index contributed by atoms with van der Waals surface area (Å²) in [6.45, 7) is 18.0. The van der Waals surface area contributed by atoms with E-state index in [1.165, 1.54) is 88.8 Å². The second-order valence-electron chi connectivity index (χ2n) is 13.7. The van der Waals surface area contributed by atoms with Crippen molar-refractivity contribution >= 4 is 24.8 Å². The Morgan fingerprint density at radius 3 is 1.45 bits per heavy atom. The maximum absolute atomic E-state index is 3.33. The first-order valence-corrected chi connectivity index (χ1v) is 17.3. The predicted octanol–water partition coefficient (Wildman–Crippen LogP) is 12.0. The van der Waals surface area contributed by atoms with Crippen LogP contribution in [-0.4, -0.2) is 3.21 Å². The van der Waals surface area contributed by atoms with Crippen LogP contribution in [0.1, 0.15) is 96.9 Å². The van der Waals surface area contributed by atoms with Crippen LogP contribution in [0.5, 0.6) is 0 Å². The Hall–Kier alpha value is -3.02. The number of hydrogen-bond acceptors (Lipinski definition) is 0. The summed E-state index contributed by atoms with van der Waals surface area (Å²) in [5, 5.41) is 5.48. The van der Waals surface area contributed by atoms with Crippen molar-refractivity contribution in [1.82, 2.24) is 0 Å². The molecular weight excluding hydrogens is 608 g/mol. The molecule has 0 heterocycles. The molecule has 0 fully saturated rings. The minimum atomic E-state index is 0.203. The molecule has 224 valence electrons. The summed E-state index contributed by atoms with van der Waals surface area (Å²) in [7, 11) is 0. The fourth-order valence-electron chi connectivity index (χ4n) is 5.36. The third-order valence-electron chi connectivity index (χ3n) is 8.32. The van der Waals surface area contributed by atoms with Crippen LogP contribution in [0.2, 0.25) is 0 Å². The molecule has 1 aliphatic rings. The molecule has 0 aromatic heterocycles. The van der Waals surface area contributed by atoms with Gasteiger partial charge in [0.25, 0.3) is 0 Å². The monoisotopic (exact) mass is 654 g/mol. The molecule has 0 atom stereocenters. The van der Waals surface area contributed by atoms with Crippen molar-refractivity contribution in [2.45, 2.75) is 85.5 Å². The number of benzene rings is 4. The van der Waals surface area contributed by atoms with Crippen LogP contribution in [0, 0.1) is 6.08 Å². The van der Waals surface area contributed by atoms with E-state index in [1.54, 1.807) is 0 Å². The quantitative estimate of drug-likeness (QED) is 0.169. The third-order valence-corrected chi connectivity index (χ3v) is 9.74. The van der Waals surface area contributed by atoms with Crippen LogP contribution in [0.15, 0.2) is 120 Å². The molecule has 0 spiro atoms. The van der Waals surface area contributed by atoms with Crippen LogP contribution in [-0.2, 0) is 35.1 Å². The molecule has 44 heavy (non-hydrogen) atoms. The molecule has 0 N–H and O–H groups in total. The Kier molecular flexibility index (Phi) is 11.4. The summed E-state index contributed by atoms with van der Waals surface area (Å²) < 4.78 is 1.42. The molecule has 5 aromatic rings. The van der Waals surface area contributed by atoms with Gasteiger partial charge in [0.15, 0.2) is 0 Å². The van der Waals surface area contributed by atoms with Crippen LogP contribution >= 0.6 is 0 Å². The fraction of sp³-hybridized carbons (Fsp3) is 0.302. The molecule has 1 heteroatoms. The molecule has 0 nitrogen and oxygen atoms in total. The summed E-state index contributed by atoms with van der Waals surface area (Å²) in [6, 6.07) is 37.3. The molecule has 1 aliphatic carbocycles. The second kappa shape index (κ2) is 14.8. The van der Waals surface area contributed by atoms with Crippen molar-refractivity contribution in [2.24, 2.45) is 0 Å². The van der Waals surface area contributed by atoms with Crippen molar-refractivity contribution in [3.05, 3.63) is 149 Å². The topological polar surface area (TPSA) is 0 Å². The van der Waals surface area contributed by atoms with E-state index in [-0.39, 0.29) is 10.8 Å². The van der Waals surface area contributed by atoms with Crippen LogP contribution in [0.25, 0.3) is 21.5 Å². The maximum atomic E-state index is 3.33. The van der Waals surface area contributed by atoms with Crippen LogP contribution in [0.3, 0.4) is 0 Å². The average molecular weight is 656 g/mol. The molecule has 0 bridgehead atoms. The van der Waals surface area contributed by atoms with Crippen molar-refractivity contribution in [3.8, 4) is 0 Å². The summed E-state index contributed by atoms with van der Waals surface area (Å²) in [6.07, 6.45) is 9.03. The Bertz CT molecular complexity index is 1640. The van der Waals surface area contributed by atoms with Crippen molar-refractivity contribution in [2.75, 3.05) is 0 Å². The third kappa shape index (κ3) is 8.79. The van der Waals surface area contributed by atoms with Gasteiger partial charge in [-0.1, -0.05) is 104 Å². The van der Waals surface area contributed by atoms with E-state index < -0.39 is 0 Å². The zero-order valence-electron chi connectivity index (χ0n) is 28.0. The van der Waals surface area contributed by atoms with E-state index in [4.69, 9.17) is 0 Å². The van der Waals surface area contributed by atoms with Gasteiger partial charge < -0.3 is 0 Å². The van der Waals surface area contributed by atoms with Gasteiger partial charge in [0.2, 0.25) is 0 Å². The molecule has 0 radical (unpaired) electrons. The van der Waals surface area contributed by atoms with Gasteiger partial charge in [-0.2, -0.15) is 5.57 Å². The van der Waals surface area contributed by atoms with Gasteiger partial charge in [-0.05, 0) is 10.8 Å². The molecule has 0 aliphatic heterocycles. The van der Waals surface area contributed by atoms with E-state index >= 15 is 0 Å². The summed E-state index contributed by atoms with van der Waals surface area (Å²) in [4.78, 5) is 0. The molecule has 0 unspecified atom stereocenters. The first kappa shape index (κ1) is 33.9. The molecule has 0 saturated carbocycles. The van der Waals surface area contributed by atoms with Crippen molar-refractivity contribution in [3.63, 3.8) is 0 Å². The van der Waals surface area contributed by atoms with E-state index in [2.05, 4.69) is 171 Å². The molecular formula is C43H48Zr. The van der Waals surface area contributed by atoms with Gasteiger partial charge in [-0.25, -0.2) is 11.6 Å². The van der Waals surface area contributed by atoms with E-state index in [0.717, 1.165) is 12.8 Å². The summed E-state index contributed by atoms with van der Waals surface area (Å²) in [5.41, 5.74) is 8.80. The fourth-order valence-corrected chi connectivity index (χ4v) is 6.18. The average Bonchev–Trinajstić information content (AvgIpc) is 3.65. The summed E-state index contributed by atoms with van der Waals surface area (Å²) in [5.74, 6) is 0. The SMILES string of the molecule is CC(C)(C)c1ccc2c(c1)[cH-]c1cc(C(C)(C)C)ccc12.CCC1=[C-]CC(CC)=C1.[Zr+2]=[C](c1ccccc1)c1ccccc1. The zero-order chi connectivity index (χ0) is 31.9. The van der Waals surface area contributed by atoms with E-state index in [1.807, 2.05) is 0 Å². The first-order valence-electron chi connectivity index (χ1n) is 16.0. The number of fused-ring (bicyclic) bond motifs is 3. The number of rotatable bonds is 4. The molecule has 6 rings (SSSR count). The van der Waals surface area contributed by atoms with Gasteiger partial charge in [-0.3, -0.25) is 6.08 Å². The van der Waals surface area contributed by atoms with Gasteiger partial charge >= 0.3 is 99.2 Å². The van der Waals surface area contributed by atoms with Gasteiger partial charge in [0, 0.05) is 0 Å². The Labute approximate surface area is 281 Å². The van der Waals surface area contributed by atoms with Crippen molar-refractivity contribution < 1.29 is 24.2 Å². The predicted molar refractivity (Wildman–Crippen MR) is 191 cm³/mol. The molecule has 5 aromatic carbocycles.